The predicted octanol–water partition coefficient (Wildman–Crippen LogP) is 37.0. The normalized spacial score (nSPS) is 14.2. The van der Waals surface area contributed by atoms with E-state index in [1.807, 2.05) is 0 Å². The van der Waals surface area contributed by atoms with Crippen LogP contribution >= 0.6 is 15.6 Å². The summed E-state index contributed by atoms with van der Waals surface area (Å²) in [5.74, 6) is -1.55. The van der Waals surface area contributed by atoms with Gasteiger partial charge in [0, 0.05) is 19.3 Å². The molecule has 0 bridgehead atoms. The molecule has 0 aliphatic rings. The quantitative estimate of drug-likeness (QED) is 0.0146. The van der Waals surface area contributed by atoms with Crippen molar-refractivity contribution in [1.82, 2.24) is 0 Å². The van der Waals surface area contributed by atoms with E-state index in [4.69, 9.17) is 32.3 Å². The smallest absolute Gasteiger partial charge is 0.463 e. The number of esters is 3. The first-order chi connectivity index (χ1) is 68.2. The fourth-order valence-electron chi connectivity index (χ4n) is 16.1. The number of aliphatic hydroxyl groups is 2. The minimum absolute atomic E-state index is 0.105. The minimum Gasteiger partial charge on any atom is -0.463 e. The summed E-state index contributed by atoms with van der Waals surface area (Å²) in [6.07, 6.45) is 150. The van der Waals surface area contributed by atoms with Crippen LogP contribution in [0.3, 0.4) is 0 Å². The molecule has 0 rings (SSSR count). The molecule has 5 unspecified atom stereocenters. The lowest BCUT2D eigenvalue weighted by molar-refractivity contribution is -0.161. The van der Waals surface area contributed by atoms with E-state index in [0.29, 0.717) is 19.3 Å². The molecule has 0 radical (unpaired) electrons. The summed E-state index contributed by atoms with van der Waals surface area (Å²) >= 11 is 0. The van der Waals surface area contributed by atoms with Gasteiger partial charge in [-0.1, -0.05) is 511 Å². The second-order valence-corrected chi connectivity index (χ2v) is 41.0. The monoisotopic (exact) mass is 1980 g/mol. The molecule has 0 saturated heterocycles. The highest BCUT2D eigenvalue weighted by atomic mass is 31.2. The van der Waals surface area contributed by atoms with Crippen molar-refractivity contribution < 1.29 is 75.8 Å². The Morgan fingerprint density at radius 1 is 0.209 bits per heavy atom. The Morgan fingerprint density at radius 3 is 0.604 bits per heavy atom. The Morgan fingerprint density at radius 2 is 0.381 bits per heavy atom. The zero-order valence-corrected chi connectivity index (χ0v) is 90.9. The molecule has 0 aromatic carbocycles. The molecule has 0 amide bonds. The van der Waals surface area contributed by atoms with Crippen LogP contribution in [0.4, 0.5) is 0 Å². The van der Waals surface area contributed by atoms with Gasteiger partial charge in [-0.15, -0.1) is 0 Å². The molecule has 5 atom stereocenters. The summed E-state index contributed by atoms with van der Waals surface area (Å²) in [7, 11) is -9.82. The minimum atomic E-state index is -4.95. The number of carbonyl (C=O) groups is 3. The van der Waals surface area contributed by atoms with Gasteiger partial charge < -0.3 is 34.2 Å². The zero-order valence-electron chi connectivity index (χ0n) is 89.1. The highest BCUT2D eigenvalue weighted by Crippen LogP contribution is 2.45. The van der Waals surface area contributed by atoms with E-state index >= 15 is 0 Å². The van der Waals surface area contributed by atoms with Crippen molar-refractivity contribution in [2.45, 2.75) is 527 Å². The van der Waals surface area contributed by atoms with Crippen LogP contribution in [0, 0.1) is 0 Å². The number of unbranched alkanes of at least 4 members (excludes halogenated alkanes) is 55. The number of hydrogen-bond acceptors (Lipinski definition) is 14. The van der Waals surface area contributed by atoms with Gasteiger partial charge in [0.1, 0.15) is 25.4 Å². The van der Waals surface area contributed by atoms with E-state index in [1.165, 1.54) is 295 Å². The lowest BCUT2D eigenvalue weighted by atomic mass is 10.0. The molecule has 0 spiro atoms. The van der Waals surface area contributed by atoms with Gasteiger partial charge in [0.15, 0.2) is 6.10 Å². The van der Waals surface area contributed by atoms with Gasteiger partial charge in [-0.25, -0.2) is 9.13 Å². The summed E-state index contributed by atoms with van der Waals surface area (Å²) in [5, 5.41) is 20.9. The van der Waals surface area contributed by atoms with Crippen molar-refractivity contribution in [3.8, 4) is 0 Å². The number of ether oxygens (including phenoxy) is 3. The van der Waals surface area contributed by atoms with E-state index < -0.39 is 91.5 Å². The van der Waals surface area contributed by atoms with Gasteiger partial charge >= 0.3 is 33.6 Å². The topological polar surface area (TPSA) is 231 Å². The van der Waals surface area contributed by atoms with E-state index in [1.54, 1.807) is 0 Å². The SMILES string of the molecule is CC/C=C\C/C=C\C/C=C\C/C=C\C/C=C\C/C=C\CCCCCCCCCCCCCCCCCCC(=O)OCC(O)COP(=O)(O)OCC(O)COP(=O)(O)OCC(COC(=O)CCCCCCCCCCCCCCCCCCCCC/C=C\C/C=C\C/C=C\C/C=C\CCCCC)OC(=O)CCCCCCCCCCCCCCCCCCC/C=C\C/C=C\C/C=C\C/C=C\C/C=C\CC. The molecule has 0 aromatic heterocycles. The summed E-state index contributed by atoms with van der Waals surface area (Å²) in [4.78, 5) is 59.4. The number of rotatable bonds is 108. The number of aliphatic hydroxyl groups excluding tert-OH is 2. The molecule has 0 heterocycles. The highest BCUT2D eigenvalue weighted by Gasteiger charge is 2.30. The van der Waals surface area contributed by atoms with Crippen molar-refractivity contribution >= 4 is 33.6 Å². The van der Waals surface area contributed by atoms with Gasteiger partial charge in [-0.2, -0.15) is 0 Å². The van der Waals surface area contributed by atoms with Crippen molar-refractivity contribution in [2.24, 2.45) is 0 Å². The average Bonchev–Trinajstić information content (AvgIpc) is 0.891. The fourth-order valence-corrected chi connectivity index (χ4v) is 17.6. The Hall–Kier alpha value is -5.35. The molecular formula is C121H210O16P2. The fraction of sp³-hybridized carbons (Fsp3) is 0.727. The predicted molar refractivity (Wildman–Crippen MR) is 592 cm³/mol. The first kappa shape index (κ1) is 134. The van der Waals surface area contributed by atoms with Gasteiger partial charge in [0.25, 0.3) is 0 Å². The summed E-state index contributed by atoms with van der Waals surface area (Å²) in [5.41, 5.74) is 0. The second-order valence-electron chi connectivity index (χ2n) is 38.1. The van der Waals surface area contributed by atoms with E-state index in [0.717, 1.165) is 154 Å². The third-order valence-corrected chi connectivity index (χ3v) is 26.5. The Balaban J connectivity index is 4.59. The van der Waals surface area contributed by atoms with Crippen molar-refractivity contribution in [2.75, 3.05) is 39.6 Å². The largest absolute Gasteiger partial charge is 0.472 e. The second kappa shape index (κ2) is 111. The summed E-state index contributed by atoms with van der Waals surface area (Å²) < 4.78 is 61.9. The number of phosphoric ester groups is 2. The lowest BCUT2D eigenvalue weighted by Gasteiger charge is -2.21. The number of phosphoric acid groups is 2. The van der Waals surface area contributed by atoms with Crippen LogP contribution in [0.1, 0.15) is 509 Å². The van der Waals surface area contributed by atoms with Gasteiger partial charge in [-0.3, -0.25) is 32.5 Å². The Labute approximate surface area is 853 Å². The van der Waals surface area contributed by atoms with Crippen LogP contribution < -0.4 is 0 Å². The van der Waals surface area contributed by atoms with Crippen LogP contribution in [0.5, 0.6) is 0 Å². The Bertz CT molecular complexity index is 3260. The third-order valence-electron chi connectivity index (χ3n) is 24.6. The molecule has 0 fully saturated rings. The van der Waals surface area contributed by atoms with Gasteiger partial charge in [0.2, 0.25) is 0 Å². The Kier molecular flexibility index (Phi) is 107. The third kappa shape index (κ3) is 113. The molecule has 0 saturated carbocycles. The molecule has 0 aliphatic heterocycles. The molecule has 139 heavy (non-hydrogen) atoms. The maximum atomic E-state index is 13.2. The molecule has 0 aliphatic carbocycles. The molecule has 0 aromatic rings. The molecule has 4 N–H and O–H groups in total. The highest BCUT2D eigenvalue weighted by molar-refractivity contribution is 7.47. The molecule has 16 nitrogen and oxygen atoms in total. The lowest BCUT2D eigenvalue weighted by Crippen LogP contribution is -2.30. The number of allylic oxidation sites excluding steroid dienone is 30. The molecule has 18 heteroatoms. The first-order valence-electron chi connectivity index (χ1n) is 57.1. The maximum absolute atomic E-state index is 13.2. The molecular weight excluding hydrogens is 1770 g/mol. The van der Waals surface area contributed by atoms with Gasteiger partial charge in [-0.05, 0) is 161 Å². The van der Waals surface area contributed by atoms with E-state index in [2.05, 4.69) is 203 Å². The average molecular weight is 1980 g/mol. The van der Waals surface area contributed by atoms with Crippen LogP contribution in [-0.4, -0.2) is 95.9 Å². The number of hydrogen-bond donors (Lipinski definition) is 4. The standard InChI is InChI=1S/C121H210O16P2/c1-4-7-10-13-16-19-22-25-28-31-34-37-40-43-46-49-52-55-57-60-62-65-68-71-74-77-80-83-86-89-92-95-98-101-104-107-119(124)131-110-116(122)111-133-138(127,128)134-112-117(123)113-135-139(129,130)136-115-118(137-121(126)109-106-103-100-97-94-91-88-85-82-79-76-73-70-67-64-59-54-51-48-45-42-39-36-33-30-27-24-21-18-15-12-9-6-3)114-132-120(125)108-105-102-99-96-93-90-87-84-81-78-75-72-69-66-63-61-58-56-53-50-47-44-41-38-35-32-29-26-23-20-17-14-11-8-5-2/h7,9-10,12,16-21,25-30,34-39,43-48,52,55,116-118,122-123H,4-6,8,11,13-15,22-24,31-33,40-42,49-51,53-54,56-115H2,1-3H3,(H,127,128)(H,129,130)/b10-7-,12-9-,19-16-,20-17-,21-18-,28-25-,29-26-,30-27-,37-34-,38-35-,39-36-,46-43-,47-44-,48-45-,55-52-. The van der Waals surface area contributed by atoms with E-state index in [-0.39, 0.29) is 19.3 Å². The summed E-state index contributed by atoms with van der Waals surface area (Å²) in [6, 6.07) is 0. The van der Waals surface area contributed by atoms with Crippen molar-refractivity contribution in [3.63, 3.8) is 0 Å². The summed E-state index contributed by atoms with van der Waals surface area (Å²) in [6.45, 7) is 2.53. The number of carbonyl (C=O) groups excluding carboxylic acids is 3. The van der Waals surface area contributed by atoms with E-state index in [9.17, 15) is 43.5 Å². The molecule has 800 valence electrons. The van der Waals surface area contributed by atoms with Crippen molar-refractivity contribution in [1.29, 1.82) is 0 Å². The van der Waals surface area contributed by atoms with Crippen LogP contribution in [0.15, 0.2) is 182 Å². The van der Waals surface area contributed by atoms with Crippen LogP contribution in [0.25, 0.3) is 0 Å². The van der Waals surface area contributed by atoms with Crippen LogP contribution in [-0.2, 0) is 55.8 Å². The van der Waals surface area contributed by atoms with Crippen molar-refractivity contribution in [3.05, 3.63) is 182 Å². The zero-order chi connectivity index (χ0) is 101. The first-order valence-corrected chi connectivity index (χ1v) is 60.1. The van der Waals surface area contributed by atoms with Gasteiger partial charge in [0.05, 0.1) is 26.4 Å². The van der Waals surface area contributed by atoms with Crippen LogP contribution in [0.2, 0.25) is 0 Å². The maximum Gasteiger partial charge on any atom is 0.472 e.